The van der Waals surface area contributed by atoms with Crippen LogP contribution >= 0.6 is 0 Å². The molecule has 152 valence electrons. The van der Waals surface area contributed by atoms with E-state index in [1.54, 1.807) is 24.5 Å². The van der Waals surface area contributed by atoms with Crippen LogP contribution in [0, 0.1) is 11.8 Å². The van der Waals surface area contributed by atoms with Crippen molar-refractivity contribution in [3.8, 4) is 0 Å². The van der Waals surface area contributed by atoms with Crippen LogP contribution in [0.3, 0.4) is 0 Å². The number of nitrogens with one attached hydrogen (secondary N) is 1. The maximum atomic E-state index is 12.7. The Kier molecular flexibility index (Phi) is 5.95. The van der Waals surface area contributed by atoms with E-state index in [0.29, 0.717) is 23.9 Å². The normalized spacial score (nSPS) is 25.0. The molecule has 0 aromatic carbocycles. The molecule has 3 aliphatic rings. The highest BCUT2D eigenvalue weighted by Gasteiger charge is 2.42. The molecular formula is C22H31N3O3. The lowest BCUT2D eigenvalue weighted by Crippen LogP contribution is -2.52. The van der Waals surface area contributed by atoms with Gasteiger partial charge >= 0.3 is 0 Å². The summed E-state index contributed by atoms with van der Waals surface area (Å²) in [6.45, 7) is 3.03. The van der Waals surface area contributed by atoms with Crippen LogP contribution in [0.2, 0.25) is 0 Å². The lowest BCUT2D eigenvalue weighted by Gasteiger charge is -2.46. The van der Waals surface area contributed by atoms with Crippen LogP contribution < -0.4 is 5.32 Å². The third-order valence-corrected chi connectivity index (χ3v) is 6.76. The van der Waals surface area contributed by atoms with Gasteiger partial charge < -0.3 is 15.0 Å². The largest absolute Gasteiger partial charge is 0.375 e. The van der Waals surface area contributed by atoms with Gasteiger partial charge in [-0.25, -0.2) is 0 Å². The van der Waals surface area contributed by atoms with Crippen molar-refractivity contribution in [2.45, 2.75) is 57.0 Å². The lowest BCUT2D eigenvalue weighted by atomic mass is 9.79. The van der Waals surface area contributed by atoms with Gasteiger partial charge in [0, 0.05) is 44.6 Å². The first-order valence-electron chi connectivity index (χ1n) is 10.8. The van der Waals surface area contributed by atoms with Crippen LogP contribution in [0.1, 0.15) is 61.7 Å². The number of nitrogens with zero attached hydrogens (tertiary/aromatic N) is 2. The molecule has 1 aromatic heterocycles. The molecule has 1 atom stereocenters. The number of carbonyl (C=O) groups excluding carboxylic acids is 2. The fourth-order valence-corrected chi connectivity index (χ4v) is 5.05. The number of hydrogen-bond donors (Lipinski definition) is 1. The van der Waals surface area contributed by atoms with Crippen molar-refractivity contribution in [3.05, 3.63) is 30.1 Å². The number of amides is 2. The lowest BCUT2D eigenvalue weighted by molar-refractivity contribution is -0.150. The molecular weight excluding hydrogens is 354 g/mol. The van der Waals surface area contributed by atoms with Gasteiger partial charge in [0.05, 0.1) is 11.2 Å². The number of aromatic nitrogens is 1. The highest BCUT2D eigenvalue weighted by atomic mass is 16.5. The summed E-state index contributed by atoms with van der Waals surface area (Å²) < 4.78 is 6.22. The first-order valence-corrected chi connectivity index (χ1v) is 10.8. The monoisotopic (exact) mass is 385 g/mol. The highest BCUT2D eigenvalue weighted by Crippen LogP contribution is 2.38. The first kappa shape index (κ1) is 19.4. The molecule has 1 spiro atoms. The van der Waals surface area contributed by atoms with Gasteiger partial charge in [0.25, 0.3) is 5.91 Å². The summed E-state index contributed by atoms with van der Waals surface area (Å²) >= 11 is 0. The Morgan fingerprint density at radius 1 is 1.21 bits per heavy atom. The van der Waals surface area contributed by atoms with E-state index in [1.807, 2.05) is 0 Å². The molecule has 2 saturated heterocycles. The summed E-state index contributed by atoms with van der Waals surface area (Å²) in [4.78, 5) is 31.0. The topological polar surface area (TPSA) is 71.5 Å². The van der Waals surface area contributed by atoms with E-state index in [-0.39, 0.29) is 17.4 Å². The molecule has 6 nitrogen and oxygen atoms in total. The van der Waals surface area contributed by atoms with E-state index in [2.05, 4.69) is 15.2 Å². The van der Waals surface area contributed by atoms with Crippen molar-refractivity contribution in [1.82, 2.24) is 15.2 Å². The van der Waals surface area contributed by atoms with Crippen LogP contribution in [-0.4, -0.2) is 53.5 Å². The van der Waals surface area contributed by atoms with E-state index in [9.17, 15) is 9.59 Å². The van der Waals surface area contributed by atoms with Crippen LogP contribution in [0.15, 0.2) is 24.5 Å². The fraction of sp³-hybridized carbons (Fsp3) is 0.682. The number of hydrogen-bond acceptors (Lipinski definition) is 4. The van der Waals surface area contributed by atoms with Crippen molar-refractivity contribution < 1.29 is 14.3 Å². The summed E-state index contributed by atoms with van der Waals surface area (Å²) in [6, 6.07) is 3.56. The summed E-state index contributed by atoms with van der Waals surface area (Å²) in [5.41, 5.74) is 0.483. The Hall–Kier alpha value is -1.95. The summed E-state index contributed by atoms with van der Waals surface area (Å²) in [6.07, 6.45) is 11.6. The molecule has 1 saturated carbocycles. The zero-order valence-electron chi connectivity index (χ0n) is 16.6. The number of rotatable bonds is 4. The maximum absolute atomic E-state index is 12.7. The molecule has 1 unspecified atom stereocenters. The number of carbonyl (C=O) groups is 2. The molecule has 0 radical (unpaired) electrons. The molecule has 1 aliphatic carbocycles. The SMILES string of the molecule is O=C(NCC1CCOC2(CCN(C(=O)C3CCCC3)CC2)C1)c1cccnc1. The Labute approximate surface area is 167 Å². The van der Waals surface area contributed by atoms with Crippen molar-refractivity contribution in [3.63, 3.8) is 0 Å². The smallest absolute Gasteiger partial charge is 0.252 e. The second-order valence-electron chi connectivity index (χ2n) is 8.65. The van der Waals surface area contributed by atoms with Gasteiger partial charge in [-0.1, -0.05) is 12.8 Å². The Balaban J connectivity index is 1.27. The number of ether oxygens (including phenoxy) is 1. The van der Waals surface area contributed by atoms with Crippen molar-refractivity contribution in [2.75, 3.05) is 26.2 Å². The summed E-state index contributed by atoms with van der Waals surface area (Å²) in [5, 5.41) is 3.06. The van der Waals surface area contributed by atoms with E-state index in [0.717, 1.165) is 58.2 Å². The van der Waals surface area contributed by atoms with Crippen LogP contribution in [-0.2, 0) is 9.53 Å². The Morgan fingerprint density at radius 2 is 2.00 bits per heavy atom. The van der Waals surface area contributed by atoms with Crippen LogP contribution in [0.5, 0.6) is 0 Å². The molecule has 28 heavy (non-hydrogen) atoms. The molecule has 2 aliphatic heterocycles. The van der Waals surface area contributed by atoms with E-state index < -0.39 is 0 Å². The van der Waals surface area contributed by atoms with Gasteiger partial charge in [-0.05, 0) is 56.6 Å². The summed E-state index contributed by atoms with van der Waals surface area (Å²) in [5.74, 6) is 0.984. The predicted octanol–water partition coefficient (Wildman–Crippen LogP) is 2.79. The van der Waals surface area contributed by atoms with Gasteiger partial charge in [-0.3, -0.25) is 14.6 Å². The zero-order chi connectivity index (χ0) is 19.4. The predicted molar refractivity (Wildman–Crippen MR) is 106 cm³/mol. The molecule has 4 rings (SSSR count). The minimum Gasteiger partial charge on any atom is -0.375 e. The van der Waals surface area contributed by atoms with Crippen LogP contribution in [0.4, 0.5) is 0 Å². The van der Waals surface area contributed by atoms with Gasteiger partial charge in [0.2, 0.25) is 5.91 Å². The first-order chi connectivity index (χ1) is 13.7. The van der Waals surface area contributed by atoms with Gasteiger partial charge in [-0.2, -0.15) is 0 Å². The highest BCUT2D eigenvalue weighted by molar-refractivity contribution is 5.93. The van der Waals surface area contributed by atoms with E-state index in [4.69, 9.17) is 4.74 Å². The van der Waals surface area contributed by atoms with Crippen LogP contribution in [0.25, 0.3) is 0 Å². The fourth-order valence-electron chi connectivity index (χ4n) is 5.05. The van der Waals surface area contributed by atoms with E-state index >= 15 is 0 Å². The average Bonchev–Trinajstić information content (AvgIpc) is 3.28. The minimum atomic E-state index is -0.117. The molecule has 3 heterocycles. The minimum absolute atomic E-state index is 0.0642. The Bertz CT molecular complexity index is 680. The quantitative estimate of drug-likeness (QED) is 0.865. The van der Waals surface area contributed by atoms with E-state index in [1.165, 1.54) is 12.8 Å². The van der Waals surface area contributed by atoms with Crippen molar-refractivity contribution in [2.24, 2.45) is 11.8 Å². The zero-order valence-corrected chi connectivity index (χ0v) is 16.6. The molecule has 6 heteroatoms. The number of pyridine rings is 1. The van der Waals surface area contributed by atoms with Crippen molar-refractivity contribution in [1.29, 1.82) is 0 Å². The maximum Gasteiger partial charge on any atom is 0.252 e. The molecule has 3 fully saturated rings. The van der Waals surface area contributed by atoms with Gasteiger partial charge in [-0.15, -0.1) is 0 Å². The summed E-state index contributed by atoms with van der Waals surface area (Å²) in [7, 11) is 0. The average molecular weight is 386 g/mol. The van der Waals surface area contributed by atoms with Gasteiger partial charge in [0.15, 0.2) is 0 Å². The molecule has 1 aromatic rings. The second-order valence-corrected chi connectivity index (χ2v) is 8.65. The molecule has 0 bridgehead atoms. The third-order valence-electron chi connectivity index (χ3n) is 6.76. The Morgan fingerprint density at radius 3 is 2.71 bits per heavy atom. The third kappa shape index (κ3) is 4.37. The van der Waals surface area contributed by atoms with Crippen molar-refractivity contribution >= 4 is 11.8 Å². The number of piperidine rings is 1. The molecule has 1 N–H and O–H groups in total. The standard InChI is InChI=1S/C22H31N3O3/c26-20(19-6-3-10-23-16-19)24-15-17-7-13-28-22(14-17)8-11-25(12-9-22)21(27)18-4-1-2-5-18/h3,6,10,16-18H,1-2,4-5,7-9,11-15H2,(H,24,26). The molecule has 2 amide bonds. The number of likely N-dealkylation sites (tertiary alicyclic amines) is 1. The van der Waals surface area contributed by atoms with Gasteiger partial charge in [0.1, 0.15) is 0 Å². The second kappa shape index (κ2) is 8.60.